The molecule has 0 saturated carbocycles. The minimum atomic E-state index is -0.157. The summed E-state index contributed by atoms with van der Waals surface area (Å²) >= 11 is 0. The Kier molecular flexibility index (Phi) is 5.52. The Bertz CT molecular complexity index is 2700. The summed E-state index contributed by atoms with van der Waals surface area (Å²) < 4.78 is 4.97. The average molecular weight is 603 g/mol. The first-order valence-corrected chi connectivity index (χ1v) is 16.2. The first-order valence-electron chi connectivity index (χ1n) is 16.2. The van der Waals surface area contributed by atoms with Crippen LogP contribution in [0.15, 0.2) is 163 Å². The lowest BCUT2D eigenvalue weighted by Crippen LogP contribution is -2.38. The number of fused-ring (bicyclic) bond motifs is 9. The minimum Gasteiger partial charge on any atom is -0.347 e. The van der Waals surface area contributed by atoms with Crippen LogP contribution < -0.4 is 4.90 Å². The number of hydrogen-bond acceptors (Lipinski definition) is 2. The highest BCUT2D eigenvalue weighted by Gasteiger charge is 2.33. The Hall–Kier alpha value is -6.13. The fourth-order valence-corrected chi connectivity index (χ4v) is 7.85. The van der Waals surface area contributed by atoms with Crippen molar-refractivity contribution in [3.63, 3.8) is 0 Å². The molecule has 2 aromatic heterocycles. The van der Waals surface area contributed by atoms with E-state index in [0.717, 1.165) is 28.3 Å². The van der Waals surface area contributed by atoms with Crippen molar-refractivity contribution in [1.29, 1.82) is 0 Å². The lowest BCUT2D eigenvalue weighted by Gasteiger charge is -2.37. The molecule has 10 rings (SSSR count). The van der Waals surface area contributed by atoms with E-state index in [0.29, 0.717) is 0 Å². The molecule has 47 heavy (non-hydrogen) atoms. The van der Waals surface area contributed by atoms with Crippen molar-refractivity contribution in [1.82, 2.24) is 9.13 Å². The first-order chi connectivity index (χ1) is 23.3. The van der Waals surface area contributed by atoms with Crippen molar-refractivity contribution in [2.75, 3.05) is 11.9 Å². The summed E-state index contributed by atoms with van der Waals surface area (Å²) in [5, 5.41) is 7.45. The van der Waals surface area contributed by atoms with Gasteiger partial charge in [0.1, 0.15) is 0 Å². The van der Waals surface area contributed by atoms with E-state index in [-0.39, 0.29) is 6.17 Å². The molecule has 3 heterocycles. The van der Waals surface area contributed by atoms with E-state index in [4.69, 9.17) is 4.99 Å². The van der Waals surface area contributed by atoms with Crippen LogP contribution in [-0.4, -0.2) is 21.9 Å². The van der Waals surface area contributed by atoms with Gasteiger partial charge in [-0.05, 0) is 47.9 Å². The van der Waals surface area contributed by atoms with Gasteiger partial charge in [0, 0.05) is 45.2 Å². The molecule has 1 unspecified atom stereocenters. The predicted molar refractivity (Wildman–Crippen MR) is 198 cm³/mol. The third-order valence-electron chi connectivity index (χ3n) is 9.93. The van der Waals surface area contributed by atoms with Crippen LogP contribution in [0.2, 0.25) is 0 Å². The maximum Gasteiger partial charge on any atom is 0.150 e. The number of likely N-dealkylation sites (N-methyl/N-ethyl adjacent to an activating group) is 1. The third kappa shape index (κ3) is 3.73. The summed E-state index contributed by atoms with van der Waals surface area (Å²) in [7, 11) is 2.20. The lowest BCUT2D eigenvalue weighted by molar-refractivity contribution is 0.657. The SMILES string of the molecule is CN1c2ccccc2N=C(c2ccccc2)C1n1c2ccccc2c2cc3c(cc21)c1ccc2ccccc2c1n3-c1ccccc1. The maximum absolute atomic E-state index is 5.36. The van der Waals surface area contributed by atoms with E-state index in [1.54, 1.807) is 0 Å². The van der Waals surface area contributed by atoms with E-state index in [2.05, 4.69) is 179 Å². The molecule has 0 radical (unpaired) electrons. The summed E-state index contributed by atoms with van der Waals surface area (Å²) in [6, 6.07) is 56.9. The zero-order valence-electron chi connectivity index (χ0n) is 25.9. The van der Waals surface area contributed by atoms with Gasteiger partial charge in [0.05, 0.1) is 39.2 Å². The normalized spacial score (nSPS) is 14.8. The second-order valence-electron chi connectivity index (χ2n) is 12.5. The minimum absolute atomic E-state index is 0.157. The van der Waals surface area contributed by atoms with Crippen LogP contribution in [0.4, 0.5) is 11.4 Å². The summed E-state index contributed by atoms with van der Waals surface area (Å²) in [6.45, 7) is 0. The van der Waals surface area contributed by atoms with E-state index in [1.165, 1.54) is 54.4 Å². The highest BCUT2D eigenvalue weighted by molar-refractivity contribution is 6.23. The van der Waals surface area contributed by atoms with Gasteiger partial charge in [-0.15, -0.1) is 0 Å². The van der Waals surface area contributed by atoms with Crippen LogP contribution in [0.5, 0.6) is 0 Å². The van der Waals surface area contributed by atoms with E-state index in [1.807, 2.05) is 0 Å². The highest BCUT2D eigenvalue weighted by atomic mass is 15.3. The quantitative estimate of drug-likeness (QED) is 0.198. The fraction of sp³-hybridized carbons (Fsp3) is 0.0465. The number of hydrogen-bond donors (Lipinski definition) is 0. The standard InChI is InChI=1S/C43H30N4/c1-45-38-23-13-11-21-36(38)44-41(29-15-4-2-5-16-29)43(45)47-37-22-12-10-20-32(37)34-26-39-35(27-40(34)47)33-25-24-28-14-8-9-19-31(28)42(33)46(39)30-17-6-3-7-18-30/h2-27,43H,1H3. The molecule has 7 aromatic carbocycles. The molecule has 0 spiro atoms. The van der Waals surface area contributed by atoms with Crippen LogP contribution >= 0.6 is 0 Å². The monoisotopic (exact) mass is 602 g/mol. The van der Waals surface area contributed by atoms with Crippen LogP contribution in [0.1, 0.15) is 11.7 Å². The zero-order chi connectivity index (χ0) is 31.1. The largest absolute Gasteiger partial charge is 0.347 e. The number of para-hydroxylation sites is 4. The van der Waals surface area contributed by atoms with Gasteiger partial charge >= 0.3 is 0 Å². The predicted octanol–water partition coefficient (Wildman–Crippen LogP) is 10.8. The summed E-state index contributed by atoms with van der Waals surface area (Å²) in [5.74, 6) is 0. The van der Waals surface area contributed by atoms with Gasteiger partial charge < -0.3 is 14.0 Å². The molecular weight excluding hydrogens is 573 g/mol. The first kappa shape index (κ1) is 26.1. The molecule has 1 aliphatic heterocycles. The average Bonchev–Trinajstić information content (AvgIpc) is 3.63. The number of anilines is 1. The van der Waals surface area contributed by atoms with Crippen molar-refractivity contribution in [3.8, 4) is 5.69 Å². The number of aromatic nitrogens is 2. The van der Waals surface area contributed by atoms with Crippen LogP contribution in [0, 0.1) is 0 Å². The third-order valence-corrected chi connectivity index (χ3v) is 9.93. The van der Waals surface area contributed by atoms with Crippen LogP contribution in [0.25, 0.3) is 60.1 Å². The molecule has 4 heteroatoms. The molecule has 9 aromatic rings. The Labute approximate surface area is 272 Å². The number of benzene rings is 7. The Morgan fingerprint density at radius 3 is 2.02 bits per heavy atom. The molecule has 222 valence electrons. The van der Waals surface area contributed by atoms with E-state index >= 15 is 0 Å². The van der Waals surface area contributed by atoms with Gasteiger partial charge in [-0.25, -0.2) is 4.99 Å². The van der Waals surface area contributed by atoms with Crippen molar-refractivity contribution < 1.29 is 0 Å². The summed E-state index contributed by atoms with van der Waals surface area (Å²) in [5.41, 5.74) is 10.3. The molecule has 0 N–H and O–H groups in total. The van der Waals surface area contributed by atoms with Crippen molar-refractivity contribution >= 4 is 71.5 Å². The second-order valence-corrected chi connectivity index (χ2v) is 12.5. The summed E-state index contributed by atoms with van der Waals surface area (Å²) in [6.07, 6.45) is -0.157. The highest BCUT2D eigenvalue weighted by Crippen LogP contribution is 2.45. The fourth-order valence-electron chi connectivity index (χ4n) is 7.85. The smallest absolute Gasteiger partial charge is 0.150 e. The Balaban J connectivity index is 1.35. The van der Waals surface area contributed by atoms with Gasteiger partial charge in [-0.3, -0.25) is 0 Å². The lowest BCUT2D eigenvalue weighted by atomic mass is 10.0. The molecule has 0 fully saturated rings. The Morgan fingerprint density at radius 1 is 0.511 bits per heavy atom. The molecule has 4 nitrogen and oxygen atoms in total. The molecule has 0 saturated heterocycles. The molecule has 0 amide bonds. The van der Waals surface area contributed by atoms with E-state index < -0.39 is 0 Å². The zero-order valence-corrected chi connectivity index (χ0v) is 25.9. The second kappa shape index (κ2) is 9.93. The molecule has 1 atom stereocenters. The van der Waals surface area contributed by atoms with Gasteiger partial charge in [-0.1, -0.05) is 115 Å². The Morgan fingerprint density at radius 2 is 1.17 bits per heavy atom. The van der Waals surface area contributed by atoms with Crippen molar-refractivity contribution in [2.24, 2.45) is 4.99 Å². The number of nitrogens with zero attached hydrogens (tertiary/aromatic N) is 4. The number of aliphatic imine (C=N–C) groups is 1. The number of rotatable bonds is 3. The van der Waals surface area contributed by atoms with Crippen LogP contribution in [0.3, 0.4) is 0 Å². The maximum atomic E-state index is 5.36. The molecule has 0 bridgehead atoms. The van der Waals surface area contributed by atoms with Gasteiger partial charge in [0.2, 0.25) is 0 Å². The van der Waals surface area contributed by atoms with Gasteiger partial charge in [-0.2, -0.15) is 0 Å². The van der Waals surface area contributed by atoms with Crippen molar-refractivity contribution in [2.45, 2.75) is 6.17 Å². The van der Waals surface area contributed by atoms with Crippen molar-refractivity contribution in [3.05, 3.63) is 163 Å². The molecule has 1 aliphatic rings. The summed E-state index contributed by atoms with van der Waals surface area (Å²) in [4.78, 5) is 7.75. The molecule has 0 aliphatic carbocycles. The molecular formula is C43H30N4. The topological polar surface area (TPSA) is 25.5 Å². The van der Waals surface area contributed by atoms with E-state index in [9.17, 15) is 0 Å². The van der Waals surface area contributed by atoms with Gasteiger partial charge in [0.15, 0.2) is 6.17 Å². The van der Waals surface area contributed by atoms with Crippen LogP contribution in [-0.2, 0) is 0 Å². The van der Waals surface area contributed by atoms with Gasteiger partial charge in [0.25, 0.3) is 0 Å².